The maximum atomic E-state index is 5.45. The Morgan fingerprint density at radius 1 is 0.867 bits per heavy atom. The SMILES string of the molecule is C#CC(OCCC)(OCCC)OCCC. The predicted octanol–water partition coefficient (Wildman–Crippen LogP) is 2.55. The Morgan fingerprint density at radius 2 is 1.20 bits per heavy atom. The Balaban J connectivity index is 4.25. The highest BCUT2D eigenvalue weighted by Gasteiger charge is 2.30. The van der Waals surface area contributed by atoms with Gasteiger partial charge in [-0.15, -0.1) is 6.42 Å². The molecule has 0 aliphatic heterocycles. The number of ether oxygens (including phenoxy) is 3. The van der Waals surface area contributed by atoms with E-state index in [1.807, 2.05) is 20.8 Å². The van der Waals surface area contributed by atoms with Crippen LogP contribution < -0.4 is 0 Å². The van der Waals surface area contributed by atoms with Crippen LogP contribution in [0.3, 0.4) is 0 Å². The molecule has 0 aromatic heterocycles. The molecular formula is C12H22O3. The maximum Gasteiger partial charge on any atom is 0.353 e. The number of hydrogen-bond donors (Lipinski definition) is 0. The largest absolute Gasteiger partial charge is 0.353 e. The van der Waals surface area contributed by atoms with E-state index in [-0.39, 0.29) is 0 Å². The van der Waals surface area contributed by atoms with Gasteiger partial charge in [-0.05, 0) is 25.2 Å². The lowest BCUT2D eigenvalue weighted by atomic mass is 10.4. The zero-order valence-corrected chi connectivity index (χ0v) is 10.0. The minimum atomic E-state index is -1.28. The lowest BCUT2D eigenvalue weighted by Crippen LogP contribution is -2.38. The van der Waals surface area contributed by atoms with Crippen molar-refractivity contribution in [2.24, 2.45) is 0 Å². The molecule has 15 heavy (non-hydrogen) atoms. The molecule has 0 aromatic rings. The highest BCUT2D eigenvalue weighted by Crippen LogP contribution is 2.15. The topological polar surface area (TPSA) is 27.7 Å². The summed E-state index contributed by atoms with van der Waals surface area (Å²) in [4.78, 5) is 0. The molecule has 0 fully saturated rings. The summed E-state index contributed by atoms with van der Waals surface area (Å²) in [5.41, 5.74) is 0. The fourth-order valence-corrected chi connectivity index (χ4v) is 0.959. The van der Waals surface area contributed by atoms with Gasteiger partial charge in [-0.3, -0.25) is 0 Å². The van der Waals surface area contributed by atoms with Gasteiger partial charge in [0.2, 0.25) is 0 Å². The molecule has 0 bridgehead atoms. The summed E-state index contributed by atoms with van der Waals surface area (Å²) in [6.45, 7) is 7.66. The second-order valence-electron chi connectivity index (χ2n) is 3.25. The molecule has 0 unspecified atom stereocenters. The molecule has 0 N–H and O–H groups in total. The van der Waals surface area contributed by atoms with Crippen molar-refractivity contribution in [1.82, 2.24) is 0 Å². The van der Waals surface area contributed by atoms with Crippen molar-refractivity contribution in [3.8, 4) is 12.3 Å². The van der Waals surface area contributed by atoms with Crippen molar-refractivity contribution < 1.29 is 14.2 Å². The molecule has 0 radical (unpaired) electrons. The molecule has 0 saturated heterocycles. The lowest BCUT2D eigenvalue weighted by Gasteiger charge is -2.27. The monoisotopic (exact) mass is 214 g/mol. The van der Waals surface area contributed by atoms with E-state index >= 15 is 0 Å². The molecule has 0 amide bonds. The highest BCUT2D eigenvalue weighted by atomic mass is 16.9. The summed E-state index contributed by atoms with van der Waals surface area (Å²) in [5.74, 6) is 1.18. The van der Waals surface area contributed by atoms with E-state index in [0.29, 0.717) is 19.8 Å². The highest BCUT2D eigenvalue weighted by molar-refractivity contribution is 4.96. The third-order valence-electron chi connectivity index (χ3n) is 1.67. The Hall–Kier alpha value is -0.560. The average Bonchev–Trinajstić information content (AvgIpc) is 2.29. The fraction of sp³-hybridized carbons (Fsp3) is 0.833. The summed E-state index contributed by atoms with van der Waals surface area (Å²) in [6.07, 6.45) is 8.06. The smallest absolute Gasteiger partial charge is 0.317 e. The second-order valence-corrected chi connectivity index (χ2v) is 3.25. The van der Waals surface area contributed by atoms with Crippen molar-refractivity contribution in [2.75, 3.05) is 19.8 Å². The van der Waals surface area contributed by atoms with Gasteiger partial charge >= 0.3 is 5.97 Å². The van der Waals surface area contributed by atoms with Crippen molar-refractivity contribution in [3.05, 3.63) is 0 Å². The Bertz CT molecular complexity index is 162. The van der Waals surface area contributed by atoms with Crippen LogP contribution in [0.1, 0.15) is 40.0 Å². The van der Waals surface area contributed by atoms with Gasteiger partial charge in [0, 0.05) is 0 Å². The Kier molecular flexibility index (Phi) is 8.40. The van der Waals surface area contributed by atoms with Gasteiger partial charge in [-0.1, -0.05) is 20.8 Å². The third-order valence-corrected chi connectivity index (χ3v) is 1.67. The van der Waals surface area contributed by atoms with Gasteiger partial charge in [0.05, 0.1) is 19.8 Å². The second kappa shape index (κ2) is 8.72. The summed E-state index contributed by atoms with van der Waals surface area (Å²) >= 11 is 0. The van der Waals surface area contributed by atoms with E-state index in [4.69, 9.17) is 20.6 Å². The molecule has 3 nitrogen and oxygen atoms in total. The van der Waals surface area contributed by atoms with Crippen LogP contribution in [-0.4, -0.2) is 25.8 Å². The Morgan fingerprint density at radius 3 is 1.40 bits per heavy atom. The van der Waals surface area contributed by atoms with E-state index < -0.39 is 5.97 Å². The quantitative estimate of drug-likeness (QED) is 0.436. The van der Waals surface area contributed by atoms with Gasteiger partial charge < -0.3 is 14.2 Å². The number of terminal acetylenes is 1. The van der Waals surface area contributed by atoms with Crippen LogP contribution in [0, 0.1) is 12.3 Å². The summed E-state index contributed by atoms with van der Waals surface area (Å²) in [7, 11) is 0. The molecule has 0 aliphatic carbocycles. The lowest BCUT2D eigenvalue weighted by molar-refractivity contribution is -0.343. The van der Waals surface area contributed by atoms with Crippen LogP contribution in [0.15, 0.2) is 0 Å². The Labute approximate surface area is 93.1 Å². The normalized spacial score (nSPS) is 11.3. The number of rotatable bonds is 9. The van der Waals surface area contributed by atoms with Gasteiger partial charge in [0.15, 0.2) is 0 Å². The zero-order valence-electron chi connectivity index (χ0n) is 10.0. The zero-order chi connectivity index (χ0) is 11.6. The summed E-state index contributed by atoms with van der Waals surface area (Å²) in [6, 6.07) is 0. The van der Waals surface area contributed by atoms with E-state index in [0.717, 1.165) is 19.3 Å². The van der Waals surface area contributed by atoms with Crippen LogP contribution in [-0.2, 0) is 14.2 Å². The average molecular weight is 214 g/mol. The first-order valence-electron chi connectivity index (χ1n) is 5.64. The van der Waals surface area contributed by atoms with Crippen molar-refractivity contribution in [2.45, 2.75) is 46.0 Å². The van der Waals surface area contributed by atoms with E-state index in [1.54, 1.807) is 0 Å². The van der Waals surface area contributed by atoms with Gasteiger partial charge in [-0.2, -0.15) is 0 Å². The first kappa shape index (κ1) is 14.4. The first-order valence-corrected chi connectivity index (χ1v) is 5.64. The van der Waals surface area contributed by atoms with Crippen LogP contribution in [0.25, 0.3) is 0 Å². The standard InChI is InChI=1S/C12H22O3/c1-5-9-13-12(8-4,14-10-6-2)15-11-7-3/h4H,5-7,9-11H2,1-3H3. The molecule has 88 valence electrons. The molecule has 0 spiro atoms. The minimum absolute atomic E-state index is 0.539. The molecule has 0 aromatic carbocycles. The predicted molar refractivity (Wildman–Crippen MR) is 60.3 cm³/mol. The van der Waals surface area contributed by atoms with Crippen molar-refractivity contribution in [1.29, 1.82) is 0 Å². The molecule has 0 atom stereocenters. The summed E-state index contributed by atoms with van der Waals surface area (Å²) in [5, 5.41) is 0. The minimum Gasteiger partial charge on any atom is -0.317 e. The van der Waals surface area contributed by atoms with Crippen molar-refractivity contribution >= 4 is 0 Å². The van der Waals surface area contributed by atoms with Crippen LogP contribution >= 0.6 is 0 Å². The van der Waals surface area contributed by atoms with Gasteiger partial charge in [0.1, 0.15) is 0 Å². The van der Waals surface area contributed by atoms with E-state index in [2.05, 4.69) is 5.92 Å². The summed E-state index contributed by atoms with van der Waals surface area (Å²) < 4.78 is 16.4. The number of hydrogen-bond acceptors (Lipinski definition) is 3. The molecule has 0 heterocycles. The van der Waals surface area contributed by atoms with Crippen LogP contribution in [0.4, 0.5) is 0 Å². The molecular weight excluding hydrogens is 192 g/mol. The molecule has 0 saturated carbocycles. The van der Waals surface area contributed by atoms with Crippen LogP contribution in [0.2, 0.25) is 0 Å². The van der Waals surface area contributed by atoms with Gasteiger partial charge in [-0.25, -0.2) is 0 Å². The maximum absolute atomic E-state index is 5.45. The molecule has 0 rings (SSSR count). The van der Waals surface area contributed by atoms with Gasteiger partial charge in [0.25, 0.3) is 0 Å². The fourth-order valence-electron chi connectivity index (χ4n) is 0.959. The molecule has 3 heteroatoms. The van der Waals surface area contributed by atoms with Crippen molar-refractivity contribution in [3.63, 3.8) is 0 Å². The van der Waals surface area contributed by atoms with E-state index in [1.165, 1.54) is 0 Å². The van der Waals surface area contributed by atoms with E-state index in [9.17, 15) is 0 Å². The van der Waals surface area contributed by atoms with Crippen LogP contribution in [0.5, 0.6) is 0 Å². The first-order chi connectivity index (χ1) is 7.24. The molecule has 0 aliphatic rings. The third kappa shape index (κ3) is 5.78.